The summed E-state index contributed by atoms with van der Waals surface area (Å²) in [4.78, 5) is 2.46. The summed E-state index contributed by atoms with van der Waals surface area (Å²) in [5.74, 6) is 1.40. The van der Waals surface area contributed by atoms with Crippen LogP contribution in [0.25, 0.3) is 0 Å². The molecule has 1 rings (SSSR count). The highest BCUT2D eigenvalue weighted by molar-refractivity contribution is 5.79. The van der Waals surface area contributed by atoms with Gasteiger partial charge >= 0.3 is 0 Å². The standard InChI is InChI=1S/C13H27N3/c1-3-16(9-11(2)13(14)15)10-12-7-5-4-6-8-12/h11-12H,3-10H2,1-2H3,(H3,14,15). The molecule has 0 heterocycles. The van der Waals surface area contributed by atoms with Gasteiger partial charge in [0.05, 0.1) is 5.84 Å². The Kier molecular flexibility index (Phi) is 5.81. The van der Waals surface area contributed by atoms with Crippen LogP contribution in [0.1, 0.15) is 46.0 Å². The third-order valence-corrected chi connectivity index (χ3v) is 3.75. The summed E-state index contributed by atoms with van der Waals surface area (Å²) >= 11 is 0. The Hall–Kier alpha value is -0.570. The van der Waals surface area contributed by atoms with Crippen molar-refractivity contribution >= 4 is 5.84 Å². The first-order chi connectivity index (χ1) is 7.63. The molecule has 0 spiro atoms. The van der Waals surface area contributed by atoms with Crippen LogP contribution in [0.5, 0.6) is 0 Å². The molecule has 3 nitrogen and oxygen atoms in total. The minimum atomic E-state index is 0.198. The molecular formula is C13H27N3. The van der Waals surface area contributed by atoms with E-state index in [1.54, 1.807) is 0 Å². The van der Waals surface area contributed by atoms with Gasteiger partial charge in [-0.3, -0.25) is 5.41 Å². The molecule has 3 heteroatoms. The second-order valence-electron chi connectivity index (χ2n) is 5.21. The third-order valence-electron chi connectivity index (χ3n) is 3.75. The predicted molar refractivity (Wildman–Crippen MR) is 69.8 cm³/mol. The van der Waals surface area contributed by atoms with Crippen LogP contribution in [0.4, 0.5) is 0 Å². The Morgan fingerprint density at radius 2 is 2.00 bits per heavy atom. The van der Waals surface area contributed by atoms with Crippen molar-refractivity contribution in [2.24, 2.45) is 17.6 Å². The first kappa shape index (κ1) is 13.5. The van der Waals surface area contributed by atoms with E-state index in [1.807, 2.05) is 6.92 Å². The van der Waals surface area contributed by atoms with Crippen LogP contribution in [-0.2, 0) is 0 Å². The topological polar surface area (TPSA) is 53.1 Å². The van der Waals surface area contributed by atoms with Crippen molar-refractivity contribution in [1.82, 2.24) is 4.90 Å². The summed E-state index contributed by atoms with van der Waals surface area (Å²) in [6.45, 7) is 7.48. The zero-order valence-corrected chi connectivity index (χ0v) is 10.8. The Balaban J connectivity index is 2.32. The van der Waals surface area contributed by atoms with E-state index < -0.39 is 0 Å². The number of hydrogen-bond acceptors (Lipinski definition) is 2. The Morgan fingerprint density at radius 3 is 2.50 bits per heavy atom. The lowest BCUT2D eigenvalue weighted by atomic mass is 9.89. The molecule has 94 valence electrons. The predicted octanol–water partition coefficient (Wildman–Crippen LogP) is 2.46. The van der Waals surface area contributed by atoms with Gasteiger partial charge in [-0.1, -0.05) is 33.1 Å². The fourth-order valence-corrected chi connectivity index (χ4v) is 2.55. The summed E-state index contributed by atoms with van der Waals surface area (Å²) in [6, 6.07) is 0. The van der Waals surface area contributed by atoms with Gasteiger partial charge < -0.3 is 10.6 Å². The number of nitrogens with one attached hydrogen (secondary N) is 1. The van der Waals surface area contributed by atoms with E-state index >= 15 is 0 Å². The average Bonchev–Trinajstić information content (AvgIpc) is 2.29. The molecule has 1 aliphatic rings. The van der Waals surface area contributed by atoms with Crippen LogP contribution < -0.4 is 5.73 Å². The lowest BCUT2D eigenvalue weighted by molar-refractivity contribution is 0.199. The summed E-state index contributed by atoms with van der Waals surface area (Å²) in [5.41, 5.74) is 5.53. The molecule has 0 radical (unpaired) electrons. The summed E-state index contributed by atoms with van der Waals surface area (Å²) in [6.07, 6.45) is 7.03. The molecule has 0 bridgehead atoms. The molecule has 1 unspecified atom stereocenters. The van der Waals surface area contributed by atoms with Gasteiger partial charge in [-0.15, -0.1) is 0 Å². The molecule has 3 N–H and O–H groups in total. The van der Waals surface area contributed by atoms with E-state index in [1.165, 1.54) is 38.6 Å². The summed E-state index contributed by atoms with van der Waals surface area (Å²) < 4.78 is 0. The molecular weight excluding hydrogens is 198 g/mol. The van der Waals surface area contributed by atoms with Crippen LogP contribution in [0.15, 0.2) is 0 Å². The number of hydrogen-bond donors (Lipinski definition) is 2. The zero-order chi connectivity index (χ0) is 12.0. The lowest BCUT2D eigenvalue weighted by Gasteiger charge is -2.30. The van der Waals surface area contributed by atoms with Gasteiger partial charge in [0.25, 0.3) is 0 Å². The highest BCUT2D eigenvalue weighted by Gasteiger charge is 2.18. The first-order valence-electron chi connectivity index (χ1n) is 6.69. The second kappa shape index (κ2) is 6.89. The molecule has 1 atom stereocenters. The van der Waals surface area contributed by atoms with E-state index in [9.17, 15) is 0 Å². The Morgan fingerprint density at radius 1 is 1.38 bits per heavy atom. The Labute approximate surface area is 99.9 Å². The zero-order valence-electron chi connectivity index (χ0n) is 10.8. The molecule has 0 aromatic carbocycles. The highest BCUT2D eigenvalue weighted by atomic mass is 15.1. The van der Waals surface area contributed by atoms with Crippen molar-refractivity contribution in [2.75, 3.05) is 19.6 Å². The molecule has 16 heavy (non-hydrogen) atoms. The van der Waals surface area contributed by atoms with E-state index in [4.69, 9.17) is 11.1 Å². The van der Waals surface area contributed by atoms with E-state index in [-0.39, 0.29) is 5.92 Å². The molecule has 0 aromatic rings. The van der Waals surface area contributed by atoms with Crippen molar-refractivity contribution in [1.29, 1.82) is 5.41 Å². The SMILES string of the molecule is CCN(CC1CCCCC1)CC(C)C(=N)N. The van der Waals surface area contributed by atoms with Crippen molar-refractivity contribution in [3.8, 4) is 0 Å². The number of amidine groups is 1. The first-order valence-corrected chi connectivity index (χ1v) is 6.69. The lowest BCUT2D eigenvalue weighted by Crippen LogP contribution is -2.37. The number of rotatable bonds is 6. The molecule has 0 aliphatic heterocycles. The molecule has 0 aromatic heterocycles. The van der Waals surface area contributed by atoms with Crippen LogP contribution in [0, 0.1) is 17.2 Å². The monoisotopic (exact) mass is 225 g/mol. The maximum absolute atomic E-state index is 7.44. The molecule has 1 aliphatic carbocycles. The van der Waals surface area contributed by atoms with E-state index in [0.29, 0.717) is 5.84 Å². The molecule has 1 fully saturated rings. The smallest absolute Gasteiger partial charge is 0.0947 e. The maximum atomic E-state index is 7.44. The summed E-state index contributed by atoms with van der Waals surface area (Å²) in [5, 5.41) is 7.44. The van der Waals surface area contributed by atoms with Gasteiger partial charge in [-0.2, -0.15) is 0 Å². The maximum Gasteiger partial charge on any atom is 0.0947 e. The second-order valence-corrected chi connectivity index (χ2v) is 5.21. The van der Waals surface area contributed by atoms with Gasteiger partial charge in [0.2, 0.25) is 0 Å². The number of nitrogens with zero attached hydrogens (tertiary/aromatic N) is 1. The van der Waals surface area contributed by atoms with Crippen LogP contribution in [0.3, 0.4) is 0 Å². The van der Waals surface area contributed by atoms with Crippen LogP contribution in [0.2, 0.25) is 0 Å². The normalized spacial score (nSPS) is 19.9. The average molecular weight is 225 g/mol. The quantitative estimate of drug-likeness (QED) is 0.539. The fourth-order valence-electron chi connectivity index (χ4n) is 2.55. The molecule has 1 saturated carbocycles. The molecule has 0 amide bonds. The van der Waals surface area contributed by atoms with Gasteiger partial charge in [0, 0.05) is 19.0 Å². The fraction of sp³-hybridized carbons (Fsp3) is 0.923. The van der Waals surface area contributed by atoms with Crippen molar-refractivity contribution in [3.05, 3.63) is 0 Å². The largest absolute Gasteiger partial charge is 0.387 e. The highest BCUT2D eigenvalue weighted by Crippen LogP contribution is 2.24. The van der Waals surface area contributed by atoms with Gasteiger partial charge in [0.1, 0.15) is 0 Å². The van der Waals surface area contributed by atoms with Gasteiger partial charge in [0.15, 0.2) is 0 Å². The van der Waals surface area contributed by atoms with E-state index in [0.717, 1.165) is 19.0 Å². The van der Waals surface area contributed by atoms with Gasteiger partial charge in [-0.25, -0.2) is 0 Å². The van der Waals surface area contributed by atoms with Crippen LogP contribution >= 0.6 is 0 Å². The van der Waals surface area contributed by atoms with Crippen molar-refractivity contribution in [3.63, 3.8) is 0 Å². The minimum absolute atomic E-state index is 0.198. The van der Waals surface area contributed by atoms with Gasteiger partial charge in [-0.05, 0) is 25.3 Å². The van der Waals surface area contributed by atoms with E-state index in [2.05, 4.69) is 11.8 Å². The minimum Gasteiger partial charge on any atom is -0.387 e. The van der Waals surface area contributed by atoms with Crippen molar-refractivity contribution < 1.29 is 0 Å². The van der Waals surface area contributed by atoms with Crippen molar-refractivity contribution in [2.45, 2.75) is 46.0 Å². The summed E-state index contributed by atoms with van der Waals surface area (Å²) in [7, 11) is 0. The number of nitrogens with two attached hydrogens (primary N) is 1. The molecule has 0 saturated heterocycles. The third kappa shape index (κ3) is 4.52. The van der Waals surface area contributed by atoms with Crippen LogP contribution in [-0.4, -0.2) is 30.4 Å². The Bertz CT molecular complexity index is 209.